The minimum atomic E-state index is -4.52. The Labute approximate surface area is 194 Å². The fraction of sp³-hybridized carbons (Fsp3) is 0.320. The number of alkyl halides is 3. The molecule has 8 heteroatoms. The van der Waals surface area contributed by atoms with Crippen LogP contribution in [0.5, 0.6) is 0 Å². The molecule has 172 valence electrons. The molecule has 1 amide bonds. The lowest BCUT2D eigenvalue weighted by Crippen LogP contribution is -2.39. The van der Waals surface area contributed by atoms with Gasteiger partial charge in [-0.1, -0.05) is 18.2 Å². The molecule has 0 aromatic heterocycles. The summed E-state index contributed by atoms with van der Waals surface area (Å²) in [6.07, 6.45) is -0.774. The summed E-state index contributed by atoms with van der Waals surface area (Å²) in [4.78, 5) is 32.0. The minimum Gasteiger partial charge on any atom is -0.325 e. The molecular formula is C25H23F3N2O2S. The molecule has 1 unspecified atom stereocenters. The zero-order chi connectivity index (χ0) is 23.8. The van der Waals surface area contributed by atoms with Crippen LogP contribution in [0.1, 0.15) is 43.2 Å². The number of thioether (sulfide) groups is 1. The number of Topliss-reactive ketones (excluding diaryl/α,β-unsaturated/α-hetero) is 1. The smallest absolute Gasteiger partial charge is 0.325 e. The highest BCUT2D eigenvalue weighted by Gasteiger charge is 2.42. The van der Waals surface area contributed by atoms with Gasteiger partial charge in [-0.15, -0.1) is 11.8 Å². The van der Waals surface area contributed by atoms with Crippen molar-refractivity contribution in [2.45, 2.75) is 43.2 Å². The molecule has 4 rings (SSSR count). The summed E-state index contributed by atoms with van der Waals surface area (Å²) in [6.45, 7) is 1.74. The third-order valence-electron chi connectivity index (χ3n) is 6.05. The monoisotopic (exact) mass is 472 g/mol. The number of carbonyl (C=O) groups excluding carboxylic acids is 2. The molecule has 2 atom stereocenters. The van der Waals surface area contributed by atoms with Gasteiger partial charge >= 0.3 is 6.18 Å². The predicted octanol–water partition coefficient (Wildman–Crippen LogP) is 6.25. The Kier molecular flexibility index (Phi) is 6.47. The third-order valence-corrected chi connectivity index (χ3v) is 6.79. The van der Waals surface area contributed by atoms with Crippen molar-refractivity contribution in [1.82, 2.24) is 0 Å². The maximum Gasteiger partial charge on any atom is 0.416 e. The van der Waals surface area contributed by atoms with Crippen LogP contribution in [0.3, 0.4) is 0 Å². The van der Waals surface area contributed by atoms with Crippen molar-refractivity contribution in [3.8, 4) is 0 Å². The third kappa shape index (κ3) is 4.76. The van der Waals surface area contributed by atoms with Crippen molar-refractivity contribution >= 4 is 34.9 Å². The van der Waals surface area contributed by atoms with Crippen LogP contribution in [0.15, 0.2) is 69.7 Å². The summed E-state index contributed by atoms with van der Waals surface area (Å²) in [5, 5.41) is 2.63. The van der Waals surface area contributed by atoms with Gasteiger partial charge in [-0.3, -0.25) is 14.6 Å². The van der Waals surface area contributed by atoms with Crippen molar-refractivity contribution in [2.24, 2.45) is 10.9 Å². The molecule has 0 bridgehead atoms. The molecule has 1 N–H and O–H groups in total. The number of ketones is 1. The summed E-state index contributed by atoms with van der Waals surface area (Å²) in [5.41, 5.74) is 1.83. The molecule has 0 radical (unpaired) electrons. The van der Waals surface area contributed by atoms with E-state index in [0.29, 0.717) is 36.2 Å². The van der Waals surface area contributed by atoms with Gasteiger partial charge in [-0.2, -0.15) is 13.2 Å². The zero-order valence-corrected chi connectivity index (χ0v) is 19.0. The highest BCUT2D eigenvalue weighted by atomic mass is 32.2. The molecule has 0 saturated heterocycles. The number of nitrogens with one attached hydrogen (secondary N) is 1. The number of rotatable bonds is 4. The summed E-state index contributed by atoms with van der Waals surface area (Å²) in [5.74, 6) is -1.85. The van der Waals surface area contributed by atoms with Gasteiger partial charge in [0.1, 0.15) is 0 Å². The number of anilines is 1. The number of hydrogen-bond donors (Lipinski definition) is 1. The van der Waals surface area contributed by atoms with Gasteiger partial charge in [-0.25, -0.2) is 0 Å². The summed E-state index contributed by atoms with van der Waals surface area (Å²) >= 11 is 1.59. The lowest BCUT2D eigenvalue weighted by molar-refractivity contribution is -0.137. The van der Waals surface area contributed by atoms with E-state index in [-0.39, 0.29) is 11.5 Å². The highest BCUT2D eigenvalue weighted by molar-refractivity contribution is 7.98. The van der Waals surface area contributed by atoms with Gasteiger partial charge < -0.3 is 5.32 Å². The van der Waals surface area contributed by atoms with Crippen LogP contribution in [0.2, 0.25) is 0 Å². The van der Waals surface area contributed by atoms with E-state index in [0.717, 1.165) is 22.6 Å². The molecule has 1 heterocycles. The first kappa shape index (κ1) is 23.3. The molecule has 2 aromatic rings. The maximum atomic E-state index is 13.4. The number of nitrogens with zero attached hydrogens (tertiary/aromatic N) is 1. The average Bonchev–Trinajstić information content (AvgIpc) is 2.78. The second kappa shape index (κ2) is 9.17. The Bertz CT molecular complexity index is 1150. The zero-order valence-electron chi connectivity index (χ0n) is 18.2. The van der Waals surface area contributed by atoms with E-state index in [9.17, 15) is 22.8 Å². The summed E-state index contributed by atoms with van der Waals surface area (Å²) < 4.78 is 39.4. The SMILES string of the molecule is CSc1ccc([C@@H]2C3=C(CCCC3=O)N=C(C)C2C(=O)Nc2cccc(C(F)(F)F)c2)cc1. The van der Waals surface area contributed by atoms with Crippen LogP contribution < -0.4 is 5.32 Å². The van der Waals surface area contributed by atoms with Gasteiger partial charge in [-0.05, 0) is 61.9 Å². The molecule has 33 heavy (non-hydrogen) atoms. The molecule has 0 saturated carbocycles. The first-order valence-corrected chi connectivity index (χ1v) is 11.8. The quantitative estimate of drug-likeness (QED) is 0.536. The van der Waals surface area contributed by atoms with Crippen molar-refractivity contribution in [2.75, 3.05) is 11.6 Å². The van der Waals surface area contributed by atoms with E-state index in [1.807, 2.05) is 30.5 Å². The van der Waals surface area contributed by atoms with E-state index in [1.165, 1.54) is 12.1 Å². The Morgan fingerprint density at radius 1 is 1.12 bits per heavy atom. The van der Waals surface area contributed by atoms with E-state index >= 15 is 0 Å². The number of hydrogen-bond acceptors (Lipinski definition) is 4. The van der Waals surface area contributed by atoms with Crippen LogP contribution in [0.25, 0.3) is 0 Å². The van der Waals surface area contributed by atoms with E-state index < -0.39 is 29.5 Å². The van der Waals surface area contributed by atoms with Crippen molar-refractivity contribution in [3.63, 3.8) is 0 Å². The van der Waals surface area contributed by atoms with Gasteiger partial charge in [0.15, 0.2) is 5.78 Å². The molecule has 0 spiro atoms. The van der Waals surface area contributed by atoms with Gasteiger partial charge in [0.05, 0.1) is 11.5 Å². The van der Waals surface area contributed by atoms with Crippen molar-refractivity contribution in [1.29, 1.82) is 0 Å². The van der Waals surface area contributed by atoms with Gasteiger partial charge in [0.25, 0.3) is 0 Å². The van der Waals surface area contributed by atoms with Crippen LogP contribution in [-0.4, -0.2) is 23.7 Å². The van der Waals surface area contributed by atoms with E-state index in [4.69, 9.17) is 0 Å². The summed E-state index contributed by atoms with van der Waals surface area (Å²) in [6, 6.07) is 12.2. The molecular weight excluding hydrogens is 449 g/mol. The molecule has 4 nitrogen and oxygen atoms in total. The molecule has 1 aliphatic carbocycles. The average molecular weight is 473 g/mol. The number of amides is 1. The second-order valence-corrected chi connectivity index (χ2v) is 9.07. The lowest BCUT2D eigenvalue weighted by Gasteiger charge is -2.35. The minimum absolute atomic E-state index is 0.0247. The second-order valence-electron chi connectivity index (χ2n) is 8.19. The Balaban J connectivity index is 1.73. The molecule has 2 aromatic carbocycles. The topological polar surface area (TPSA) is 58.5 Å². The number of aliphatic imine (C=N–C) groups is 1. The maximum absolute atomic E-state index is 13.4. The Morgan fingerprint density at radius 2 is 1.85 bits per heavy atom. The first-order chi connectivity index (χ1) is 15.7. The van der Waals surface area contributed by atoms with Crippen molar-refractivity contribution < 1.29 is 22.8 Å². The van der Waals surface area contributed by atoms with Crippen LogP contribution in [0, 0.1) is 5.92 Å². The molecule has 1 aliphatic heterocycles. The largest absolute Gasteiger partial charge is 0.416 e. The van der Waals surface area contributed by atoms with Gasteiger partial charge in [0, 0.05) is 39.9 Å². The number of allylic oxidation sites excluding steroid dienone is 2. The van der Waals surface area contributed by atoms with E-state index in [1.54, 1.807) is 18.7 Å². The lowest BCUT2D eigenvalue weighted by atomic mass is 9.71. The highest BCUT2D eigenvalue weighted by Crippen LogP contribution is 2.44. The number of benzene rings is 2. The normalized spacial score (nSPS) is 20.9. The summed E-state index contributed by atoms with van der Waals surface area (Å²) in [7, 11) is 0. The first-order valence-electron chi connectivity index (χ1n) is 10.6. The fourth-order valence-corrected chi connectivity index (χ4v) is 4.92. The standard InChI is InChI=1S/C25H23F3N2O2S/c1-14-21(24(32)30-17-6-3-5-16(13-17)25(26,27)28)22(15-9-11-18(33-2)12-10-15)23-19(29-14)7-4-8-20(23)31/h3,5-6,9-13,21-22H,4,7-8H2,1-2H3,(H,30,32)/t21?,22-/m0/s1. The van der Waals surface area contributed by atoms with Crippen LogP contribution in [-0.2, 0) is 15.8 Å². The van der Waals surface area contributed by atoms with Crippen LogP contribution in [0.4, 0.5) is 18.9 Å². The van der Waals surface area contributed by atoms with E-state index in [2.05, 4.69) is 10.3 Å². The molecule has 0 fully saturated rings. The van der Waals surface area contributed by atoms with Crippen molar-refractivity contribution in [3.05, 3.63) is 70.9 Å². The Hall–Kier alpha value is -2.87. The number of carbonyl (C=O) groups is 2. The van der Waals surface area contributed by atoms with Gasteiger partial charge in [0.2, 0.25) is 5.91 Å². The Morgan fingerprint density at radius 3 is 2.52 bits per heavy atom. The number of halogens is 3. The molecule has 2 aliphatic rings. The van der Waals surface area contributed by atoms with Crippen LogP contribution >= 0.6 is 11.8 Å². The fourth-order valence-electron chi connectivity index (χ4n) is 4.51. The predicted molar refractivity (Wildman–Crippen MR) is 124 cm³/mol.